The molecule has 1 aliphatic carbocycles. The number of thiophene rings is 1. The number of nitrogens with zero attached hydrogens (tertiary/aromatic N) is 1. The monoisotopic (exact) mass is 366 g/mol. The third-order valence-electron chi connectivity index (χ3n) is 4.54. The molecule has 0 radical (unpaired) electrons. The Labute approximate surface area is 144 Å². The van der Waals surface area contributed by atoms with E-state index in [2.05, 4.69) is 17.4 Å². The highest BCUT2D eigenvalue weighted by molar-refractivity contribution is 7.92. The molecule has 0 bridgehead atoms. The van der Waals surface area contributed by atoms with E-state index in [0.29, 0.717) is 11.5 Å². The summed E-state index contributed by atoms with van der Waals surface area (Å²) in [6.45, 7) is 0.557. The average molecular weight is 366 g/mol. The van der Waals surface area contributed by atoms with Gasteiger partial charge < -0.3 is 5.32 Å². The van der Waals surface area contributed by atoms with Crippen LogP contribution in [0.2, 0.25) is 0 Å². The first kappa shape index (κ1) is 16.9. The first-order valence-corrected chi connectivity index (χ1v) is 10.3. The highest BCUT2D eigenvalue weighted by Gasteiger charge is 2.39. The molecule has 1 fully saturated rings. The van der Waals surface area contributed by atoms with E-state index in [0.717, 1.165) is 42.9 Å². The Morgan fingerprint density at radius 2 is 1.96 bits per heavy atom. The van der Waals surface area contributed by atoms with Crippen molar-refractivity contribution < 1.29 is 13.3 Å². The Balaban J connectivity index is 1.86. The maximum absolute atomic E-state index is 11.7. The highest BCUT2D eigenvalue weighted by atomic mass is 32.2. The van der Waals surface area contributed by atoms with Crippen LogP contribution in [-0.2, 0) is 15.3 Å². The molecule has 24 heavy (non-hydrogen) atoms. The second-order valence-corrected chi connectivity index (χ2v) is 9.46. The van der Waals surface area contributed by atoms with Crippen molar-refractivity contribution in [1.29, 1.82) is 0 Å². The van der Waals surface area contributed by atoms with Gasteiger partial charge in [0.25, 0.3) is 0 Å². The molecule has 0 unspecified atom stereocenters. The van der Waals surface area contributed by atoms with Gasteiger partial charge in [-0.15, -0.1) is 0 Å². The summed E-state index contributed by atoms with van der Waals surface area (Å²) >= 11 is 0.924. The van der Waals surface area contributed by atoms with Crippen molar-refractivity contribution in [2.75, 3.05) is 18.1 Å². The van der Waals surface area contributed by atoms with Gasteiger partial charge in [-0.3, -0.25) is 10.1 Å². The zero-order chi connectivity index (χ0) is 17.4. The molecular formula is C16H18N2O4S2. The molecule has 128 valence electrons. The summed E-state index contributed by atoms with van der Waals surface area (Å²) in [4.78, 5) is 10.7. The summed E-state index contributed by atoms with van der Waals surface area (Å²) in [7, 11) is -3.46. The number of anilines is 1. The van der Waals surface area contributed by atoms with Gasteiger partial charge in [0.05, 0.1) is 4.92 Å². The van der Waals surface area contributed by atoms with Gasteiger partial charge in [0.2, 0.25) is 0 Å². The van der Waals surface area contributed by atoms with Crippen LogP contribution < -0.4 is 5.32 Å². The van der Waals surface area contributed by atoms with Crippen LogP contribution in [0.3, 0.4) is 0 Å². The second-order valence-electron chi connectivity index (χ2n) is 6.16. The van der Waals surface area contributed by atoms with Gasteiger partial charge in [-0.1, -0.05) is 48.1 Å². The lowest BCUT2D eigenvalue weighted by molar-refractivity contribution is -0.383. The summed E-state index contributed by atoms with van der Waals surface area (Å²) in [6.07, 6.45) is 4.21. The molecule has 0 atom stereocenters. The third-order valence-corrected chi connectivity index (χ3v) is 7.42. The van der Waals surface area contributed by atoms with Crippen molar-refractivity contribution in [1.82, 2.24) is 0 Å². The van der Waals surface area contributed by atoms with Crippen LogP contribution in [0.25, 0.3) is 0 Å². The predicted molar refractivity (Wildman–Crippen MR) is 94.5 cm³/mol. The number of nitrogens with one attached hydrogen (secondary N) is 1. The lowest BCUT2D eigenvalue weighted by Crippen LogP contribution is -2.40. The average Bonchev–Trinajstić information content (AvgIpc) is 2.92. The number of hydrogen-bond acceptors (Lipinski definition) is 6. The van der Waals surface area contributed by atoms with Crippen LogP contribution in [0.15, 0.2) is 40.6 Å². The highest BCUT2D eigenvalue weighted by Crippen LogP contribution is 2.45. The minimum absolute atomic E-state index is 0.0130. The quantitative estimate of drug-likeness (QED) is 0.623. The van der Waals surface area contributed by atoms with Gasteiger partial charge in [0, 0.05) is 24.3 Å². The van der Waals surface area contributed by atoms with Gasteiger partial charge >= 0.3 is 5.69 Å². The molecule has 1 aromatic carbocycles. The van der Waals surface area contributed by atoms with Crippen molar-refractivity contribution >= 4 is 31.9 Å². The topological polar surface area (TPSA) is 89.3 Å². The van der Waals surface area contributed by atoms with Gasteiger partial charge in [-0.2, -0.15) is 0 Å². The summed E-state index contributed by atoms with van der Waals surface area (Å²) in [5.74, 6) is 0. The molecule has 3 rings (SSSR count). The number of benzene rings is 1. The SMILES string of the molecule is CS(=O)(=O)c1cc([N+](=O)[O-])c(NCC2(c3ccccc3)CCC2)s1. The molecule has 6 nitrogen and oxygen atoms in total. The molecular weight excluding hydrogens is 348 g/mol. The third kappa shape index (κ3) is 3.16. The molecule has 8 heteroatoms. The van der Waals surface area contributed by atoms with E-state index in [9.17, 15) is 18.5 Å². The van der Waals surface area contributed by atoms with E-state index >= 15 is 0 Å². The number of nitro groups is 1. The van der Waals surface area contributed by atoms with Gasteiger partial charge in [-0.25, -0.2) is 8.42 Å². The van der Waals surface area contributed by atoms with E-state index < -0.39 is 14.8 Å². The van der Waals surface area contributed by atoms with Crippen LogP contribution in [0.4, 0.5) is 10.7 Å². The van der Waals surface area contributed by atoms with E-state index in [1.165, 1.54) is 5.56 Å². The Morgan fingerprint density at radius 1 is 1.29 bits per heavy atom. The Hall–Kier alpha value is -1.93. The number of hydrogen-bond donors (Lipinski definition) is 1. The molecule has 0 spiro atoms. The summed E-state index contributed by atoms with van der Waals surface area (Å²) < 4.78 is 23.4. The van der Waals surface area contributed by atoms with Crippen molar-refractivity contribution in [2.45, 2.75) is 28.9 Å². The molecule has 1 saturated carbocycles. The van der Waals surface area contributed by atoms with Crippen LogP contribution in [0, 0.1) is 10.1 Å². The van der Waals surface area contributed by atoms with E-state index in [-0.39, 0.29) is 15.3 Å². The molecule has 0 aliphatic heterocycles. The minimum atomic E-state index is -3.46. The van der Waals surface area contributed by atoms with Gasteiger partial charge in [-0.05, 0) is 18.4 Å². The zero-order valence-electron chi connectivity index (χ0n) is 13.2. The van der Waals surface area contributed by atoms with Crippen molar-refractivity contribution in [3.8, 4) is 0 Å². The molecule has 1 heterocycles. The molecule has 1 aromatic heterocycles. The smallest absolute Gasteiger partial charge is 0.304 e. The maximum atomic E-state index is 11.7. The minimum Gasteiger partial charge on any atom is -0.370 e. The fraction of sp³-hybridized carbons (Fsp3) is 0.375. The van der Waals surface area contributed by atoms with Crippen LogP contribution in [0.5, 0.6) is 0 Å². The fourth-order valence-corrected chi connectivity index (χ4v) is 4.95. The van der Waals surface area contributed by atoms with Crippen LogP contribution in [0.1, 0.15) is 24.8 Å². The fourth-order valence-electron chi connectivity index (χ4n) is 3.02. The number of sulfone groups is 1. The standard InChI is InChI=1S/C16H18N2O4S2/c1-24(21,22)14-10-13(18(19)20)15(23-14)17-11-16(8-5-9-16)12-6-3-2-4-7-12/h2-4,6-7,10,17H,5,8-9,11H2,1H3. The summed E-state index contributed by atoms with van der Waals surface area (Å²) in [5.41, 5.74) is 0.999. The Morgan fingerprint density at radius 3 is 2.46 bits per heavy atom. The first-order chi connectivity index (χ1) is 11.3. The van der Waals surface area contributed by atoms with Crippen molar-refractivity contribution in [2.24, 2.45) is 0 Å². The van der Waals surface area contributed by atoms with Crippen LogP contribution in [-0.4, -0.2) is 26.1 Å². The molecule has 0 amide bonds. The van der Waals surface area contributed by atoms with Crippen molar-refractivity contribution in [3.05, 3.63) is 52.1 Å². The molecule has 0 saturated heterocycles. The molecule has 2 aromatic rings. The molecule has 1 aliphatic rings. The lowest BCUT2D eigenvalue weighted by atomic mass is 9.64. The first-order valence-electron chi connectivity index (χ1n) is 7.59. The summed E-state index contributed by atoms with van der Waals surface area (Å²) in [6, 6.07) is 11.2. The normalized spacial score (nSPS) is 16.4. The second kappa shape index (κ2) is 6.18. The van der Waals surface area contributed by atoms with E-state index in [1.807, 2.05) is 18.2 Å². The van der Waals surface area contributed by atoms with E-state index in [4.69, 9.17) is 0 Å². The zero-order valence-corrected chi connectivity index (χ0v) is 14.8. The summed E-state index contributed by atoms with van der Waals surface area (Å²) in [5, 5.41) is 14.7. The Kier molecular flexibility index (Phi) is 4.35. The predicted octanol–water partition coefficient (Wildman–Crippen LogP) is 3.59. The number of rotatable bonds is 6. The van der Waals surface area contributed by atoms with Crippen molar-refractivity contribution in [3.63, 3.8) is 0 Å². The van der Waals surface area contributed by atoms with E-state index in [1.54, 1.807) is 0 Å². The van der Waals surface area contributed by atoms with Gasteiger partial charge in [0.1, 0.15) is 4.21 Å². The Bertz CT molecular complexity index is 855. The molecule has 1 N–H and O–H groups in total. The largest absolute Gasteiger partial charge is 0.370 e. The van der Waals surface area contributed by atoms with Gasteiger partial charge in [0.15, 0.2) is 14.8 Å². The van der Waals surface area contributed by atoms with Crippen LogP contribution >= 0.6 is 11.3 Å². The lowest BCUT2D eigenvalue weighted by Gasteiger charge is -2.42. The maximum Gasteiger partial charge on any atom is 0.304 e.